The van der Waals surface area contributed by atoms with Gasteiger partial charge in [0.05, 0.1) is 0 Å². The van der Waals surface area contributed by atoms with Gasteiger partial charge in [-0.1, -0.05) is 13.8 Å². The maximum Gasteiger partial charge on any atom is 0.326 e. The largest absolute Gasteiger partial charge is 0.480 e. The lowest BCUT2D eigenvalue weighted by atomic mass is 10.1. The van der Waals surface area contributed by atoms with Gasteiger partial charge in [-0.3, -0.25) is 0 Å². The Labute approximate surface area is 114 Å². The zero-order valence-corrected chi connectivity index (χ0v) is 11.8. The van der Waals surface area contributed by atoms with E-state index < -0.39 is 12.0 Å². The molecule has 0 radical (unpaired) electrons. The molecule has 2 fully saturated rings. The monoisotopic (exact) mass is 268 g/mol. The third-order valence-electron chi connectivity index (χ3n) is 3.85. The molecule has 2 saturated carbocycles. The van der Waals surface area contributed by atoms with Crippen LogP contribution < -0.4 is 5.32 Å². The minimum absolute atomic E-state index is 0.106. The number of nitrogens with one attached hydrogen (secondary N) is 1. The van der Waals surface area contributed by atoms with Crippen LogP contribution in [-0.4, -0.2) is 41.1 Å². The molecule has 0 bridgehead atoms. The van der Waals surface area contributed by atoms with Gasteiger partial charge in [0, 0.05) is 13.1 Å². The van der Waals surface area contributed by atoms with E-state index in [0.717, 1.165) is 13.1 Å². The van der Waals surface area contributed by atoms with Crippen LogP contribution in [0.1, 0.15) is 39.5 Å². The number of hydrogen-bond donors (Lipinski definition) is 2. The summed E-state index contributed by atoms with van der Waals surface area (Å²) in [6.07, 6.45) is 4.78. The molecule has 1 atom stereocenters. The third-order valence-corrected chi connectivity index (χ3v) is 3.85. The Balaban J connectivity index is 1.90. The topological polar surface area (TPSA) is 69.6 Å². The molecule has 2 N–H and O–H groups in total. The lowest BCUT2D eigenvalue weighted by molar-refractivity contribution is -0.140. The second-order valence-corrected chi connectivity index (χ2v) is 6.30. The Morgan fingerprint density at radius 3 is 1.95 bits per heavy atom. The molecule has 0 aromatic rings. The molecule has 2 amide bonds. The van der Waals surface area contributed by atoms with Crippen LogP contribution in [-0.2, 0) is 4.79 Å². The van der Waals surface area contributed by atoms with Crippen LogP contribution in [0.15, 0.2) is 0 Å². The van der Waals surface area contributed by atoms with Gasteiger partial charge in [0.2, 0.25) is 0 Å². The summed E-state index contributed by atoms with van der Waals surface area (Å²) in [6.45, 7) is 5.19. The van der Waals surface area contributed by atoms with E-state index in [0.29, 0.717) is 11.8 Å². The standard InChI is InChI=1S/C14H24N2O3/c1-9(2)12(13(17)18)15-14(19)16(7-10-3-4-10)8-11-5-6-11/h9-12H,3-8H2,1-2H3,(H,15,19)(H,17,18)/t12-/m0/s1. The van der Waals surface area contributed by atoms with E-state index in [4.69, 9.17) is 5.11 Å². The number of hydrogen-bond acceptors (Lipinski definition) is 2. The first-order chi connectivity index (χ1) is 8.97. The Hall–Kier alpha value is -1.26. The average molecular weight is 268 g/mol. The highest BCUT2D eigenvalue weighted by Gasteiger charge is 2.33. The lowest BCUT2D eigenvalue weighted by Crippen LogP contribution is -2.51. The molecular formula is C14H24N2O3. The van der Waals surface area contributed by atoms with Crippen LogP contribution in [0, 0.1) is 17.8 Å². The minimum Gasteiger partial charge on any atom is -0.480 e. The molecule has 5 nitrogen and oxygen atoms in total. The molecule has 108 valence electrons. The first-order valence-corrected chi connectivity index (χ1v) is 7.25. The quantitative estimate of drug-likeness (QED) is 0.741. The predicted octanol–water partition coefficient (Wildman–Crippen LogP) is 1.93. The van der Waals surface area contributed by atoms with Gasteiger partial charge in [0.15, 0.2) is 0 Å². The fourth-order valence-corrected chi connectivity index (χ4v) is 2.20. The summed E-state index contributed by atoms with van der Waals surface area (Å²) >= 11 is 0. The normalized spacial score (nSPS) is 20.2. The molecule has 0 saturated heterocycles. The number of nitrogens with zero attached hydrogens (tertiary/aromatic N) is 1. The molecule has 2 aliphatic rings. The van der Waals surface area contributed by atoms with Crippen LogP contribution in [0.25, 0.3) is 0 Å². The Morgan fingerprint density at radius 2 is 1.63 bits per heavy atom. The van der Waals surface area contributed by atoms with Crippen LogP contribution in [0.5, 0.6) is 0 Å². The average Bonchev–Trinajstić information content (AvgIpc) is 3.17. The molecule has 19 heavy (non-hydrogen) atoms. The Morgan fingerprint density at radius 1 is 1.16 bits per heavy atom. The SMILES string of the molecule is CC(C)[C@H](NC(=O)N(CC1CC1)CC1CC1)C(=O)O. The number of urea groups is 1. The van der Waals surface area contributed by atoms with Gasteiger partial charge in [-0.05, 0) is 43.4 Å². The number of carboxylic acid groups (broad SMARTS) is 1. The van der Waals surface area contributed by atoms with E-state index in [9.17, 15) is 9.59 Å². The van der Waals surface area contributed by atoms with Gasteiger partial charge in [0.1, 0.15) is 6.04 Å². The van der Waals surface area contributed by atoms with Crippen molar-refractivity contribution < 1.29 is 14.7 Å². The van der Waals surface area contributed by atoms with Gasteiger partial charge in [-0.15, -0.1) is 0 Å². The Kier molecular flexibility index (Phi) is 4.32. The molecular weight excluding hydrogens is 244 g/mol. The molecule has 2 rings (SSSR count). The lowest BCUT2D eigenvalue weighted by Gasteiger charge is -2.26. The molecule has 2 aliphatic carbocycles. The van der Waals surface area contributed by atoms with Crippen molar-refractivity contribution in [3.63, 3.8) is 0 Å². The van der Waals surface area contributed by atoms with E-state index in [1.54, 1.807) is 0 Å². The number of rotatable bonds is 7. The van der Waals surface area contributed by atoms with Crippen molar-refractivity contribution in [1.82, 2.24) is 10.2 Å². The van der Waals surface area contributed by atoms with Crippen LogP contribution in [0.2, 0.25) is 0 Å². The van der Waals surface area contributed by atoms with Gasteiger partial charge in [0.25, 0.3) is 0 Å². The van der Waals surface area contributed by atoms with Gasteiger partial charge < -0.3 is 15.3 Å². The second kappa shape index (κ2) is 5.80. The van der Waals surface area contributed by atoms with Crippen molar-refractivity contribution in [3.8, 4) is 0 Å². The summed E-state index contributed by atoms with van der Waals surface area (Å²) in [5.74, 6) is 0.199. The smallest absolute Gasteiger partial charge is 0.326 e. The summed E-state index contributed by atoms with van der Waals surface area (Å²) in [5, 5.41) is 11.8. The van der Waals surface area contributed by atoms with Crippen molar-refractivity contribution >= 4 is 12.0 Å². The first kappa shape index (κ1) is 14.2. The highest BCUT2D eigenvalue weighted by molar-refractivity contribution is 5.82. The number of amides is 2. The maximum atomic E-state index is 12.2. The van der Waals surface area contributed by atoms with E-state index in [-0.39, 0.29) is 11.9 Å². The van der Waals surface area contributed by atoms with Crippen LogP contribution in [0.3, 0.4) is 0 Å². The summed E-state index contributed by atoms with van der Waals surface area (Å²) in [7, 11) is 0. The van der Waals surface area contributed by atoms with E-state index in [2.05, 4.69) is 5.32 Å². The highest BCUT2D eigenvalue weighted by atomic mass is 16.4. The molecule has 0 aromatic carbocycles. The van der Waals surface area contributed by atoms with Gasteiger partial charge >= 0.3 is 12.0 Å². The highest BCUT2D eigenvalue weighted by Crippen LogP contribution is 2.33. The Bertz CT molecular complexity index is 335. The zero-order chi connectivity index (χ0) is 14.0. The second-order valence-electron chi connectivity index (χ2n) is 6.30. The maximum absolute atomic E-state index is 12.2. The number of carbonyl (C=O) groups excluding carboxylic acids is 1. The van der Waals surface area contributed by atoms with Crippen molar-refractivity contribution in [2.75, 3.05) is 13.1 Å². The van der Waals surface area contributed by atoms with Crippen LogP contribution in [0.4, 0.5) is 4.79 Å². The minimum atomic E-state index is -0.957. The summed E-state index contributed by atoms with van der Waals surface area (Å²) in [5.41, 5.74) is 0. The molecule has 0 heterocycles. The molecule has 0 unspecified atom stereocenters. The fraction of sp³-hybridized carbons (Fsp3) is 0.857. The van der Waals surface area contributed by atoms with E-state index in [1.165, 1.54) is 25.7 Å². The first-order valence-electron chi connectivity index (χ1n) is 7.25. The van der Waals surface area contributed by atoms with E-state index >= 15 is 0 Å². The van der Waals surface area contributed by atoms with Gasteiger partial charge in [-0.25, -0.2) is 9.59 Å². The molecule has 5 heteroatoms. The number of carbonyl (C=O) groups is 2. The van der Waals surface area contributed by atoms with Crippen LogP contribution >= 0.6 is 0 Å². The fourth-order valence-electron chi connectivity index (χ4n) is 2.20. The molecule has 0 spiro atoms. The van der Waals surface area contributed by atoms with Crippen molar-refractivity contribution in [3.05, 3.63) is 0 Å². The number of carboxylic acids is 1. The van der Waals surface area contributed by atoms with E-state index in [1.807, 2.05) is 18.7 Å². The van der Waals surface area contributed by atoms with Crippen molar-refractivity contribution in [2.24, 2.45) is 17.8 Å². The van der Waals surface area contributed by atoms with Gasteiger partial charge in [-0.2, -0.15) is 0 Å². The summed E-state index contributed by atoms with van der Waals surface area (Å²) < 4.78 is 0. The molecule has 0 aliphatic heterocycles. The van der Waals surface area contributed by atoms with Crippen molar-refractivity contribution in [1.29, 1.82) is 0 Å². The summed E-state index contributed by atoms with van der Waals surface area (Å²) in [6, 6.07) is -1.01. The summed E-state index contributed by atoms with van der Waals surface area (Å²) in [4.78, 5) is 25.2. The third kappa shape index (κ3) is 4.40. The number of aliphatic carboxylic acids is 1. The predicted molar refractivity (Wildman–Crippen MR) is 71.8 cm³/mol. The zero-order valence-electron chi connectivity index (χ0n) is 11.8. The molecule has 0 aromatic heterocycles. The van der Waals surface area contributed by atoms with Crippen molar-refractivity contribution in [2.45, 2.75) is 45.6 Å².